The monoisotopic (exact) mass is 1840 g/mol. The van der Waals surface area contributed by atoms with Crippen LogP contribution in [0.3, 0.4) is 0 Å². The molecule has 8 nitrogen and oxygen atoms in total. The molecule has 0 unspecified atom stereocenters. The number of allylic oxidation sites excluding steroid dienone is 8. The second-order valence-electron chi connectivity index (χ2n) is 29.3. The van der Waals surface area contributed by atoms with Gasteiger partial charge in [-0.05, 0) is 103 Å². The summed E-state index contributed by atoms with van der Waals surface area (Å²) in [4.78, 5) is 45.1. The third-order valence-corrected chi connectivity index (χ3v) is 19.6. The van der Waals surface area contributed by atoms with E-state index in [0.717, 1.165) is 51.4 Å². The second-order valence-corrected chi connectivity index (χ2v) is 30.9. The van der Waals surface area contributed by atoms with Crippen molar-refractivity contribution in [1.82, 2.24) is 0 Å². The number of hydrogen-bond donors (Lipinski definition) is 0. The average molecular weight is 1840 g/mol. The molecule has 0 spiro atoms. The Kier molecular flexibility index (Phi) is 145. The largest absolute Gasteiger partial charge is 2.00 e. The van der Waals surface area contributed by atoms with E-state index in [0.29, 0.717) is 75.1 Å². The molecule has 0 aromatic carbocycles. The summed E-state index contributed by atoms with van der Waals surface area (Å²) in [5, 5.41) is 0. The van der Waals surface area contributed by atoms with Gasteiger partial charge in [-0.15, -0.1) is 23.0 Å². The molecule has 0 atom stereocenters. The van der Waals surface area contributed by atoms with E-state index in [4.69, 9.17) is 69.5 Å². The van der Waals surface area contributed by atoms with Gasteiger partial charge < -0.3 is 69.5 Å². The molecule has 0 saturated heterocycles. The Bertz CT molecular complexity index is 1530. The van der Waals surface area contributed by atoms with Crippen molar-refractivity contribution >= 4 is 136 Å². The third kappa shape index (κ3) is 132. The van der Waals surface area contributed by atoms with Crippen LogP contribution in [0.25, 0.3) is 0 Å². The van der Waals surface area contributed by atoms with Crippen molar-refractivity contribution in [3.05, 3.63) is 48.6 Å². The minimum absolute atomic E-state index is 0. The summed E-state index contributed by atoms with van der Waals surface area (Å²) in [7, 11) is 0. The Morgan fingerprint density at radius 1 is 0.202 bits per heavy atom. The molecule has 15 heteroatoms. The molecule has 0 rings (SSSR count). The molecule has 0 amide bonds. The molecule has 0 saturated carbocycles. The average Bonchev–Trinajstić information content (AvgIpc) is 2.78. The molecule has 644 valence electrons. The van der Waals surface area contributed by atoms with Crippen LogP contribution < -0.4 is 0 Å². The van der Waals surface area contributed by atoms with Crippen LogP contribution in [0, 0.1) is 0 Å². The molecule has 4 radical (unpaired) electrons. The molecule has 0 aromatic heterocycles. The van der Waals surface area contributed by atoms with Crippen LogP contribution >= 0.6 is 13.5 Å². The minimum Gasteiger partial charge on any atom is -0.789 e. The first-order valence-corrected chi connectivity index (χ1v) is 47.1. The zero-order valence-corrected chi connectivity index (χ0v) is 80.7. The predicted octanol–water partition coefficient (Wildman–Crippen LogP) is 29.8. The fourth-order valence-electron chi connectivity index (χ4n) is 12.4. The van der Waals surface area contributed by atoms with E-state index in [1.807, 2.05) is 0 Å². The molecule has 0 aliphatic rings. The quantitative estimate of drug-likeness (QED) is 0.0145. The summed E-state index contributed by atoms with van der Waals surface area (Å²) >= 11 is 19.0. The van der Waals surface area contributed by atoms with Gasteiger partial charge in [0, 0.05) is 25.7 Å². The molecule has 0 bridgehead atoms. The number of carbonyl (C=O) groups excluding carboxylic acids is 4. The van der Waals surface area contributed by atoms with Crippen molar-refractivity contribution in [2.75, 3.05) is 49.4 Å². The maximum atomic E-state index is 11.3. The topological polar surface area (TPSA) is 105 Å². The van der Waals surface area contributed by atoms with Gasteiger partial charge in [-0.1, -0.05) is 399 Å². The molecule has 0 fully saturated rings. The van der Waals surface area contributed by atoms with E-state index >= 15 is 0 Å². The van der Waals surface area contributed by atoms with E-state index in [-0.39, 0.29) is 100 Å². The maximum absolute atomic E-state index is 11.3. The normalized spacial score (nSPS) is 10.8. The van der Waals surface area contributed by atoms with Gasteiger partial charge in [0.1, 0.15) is 0 Å². The van der Waals surface area contributed by atoms with Crippen LogP contribution in [0.5, 0.6) is 0 Å². The zero-order valence-electron chi connectivity index (χ0n) is 70.8. The second kappa shape index (κ2) is 124. The standard InChI is InChI=1S/4C23H44O2S.2CH4.H2S.2Sn/c4*1-2-3-4-5-6-7-8-9-10-11-12-13-14-15-16-17-18-19-20-23(24)25-21-22-26;;;;;/h4*16-17,26H,2-15,18-22H2,1H3;2*1H4;1H2;;/q;;;;;;;2*+2/p-4/b4*17-16+;;;;;. The molecule has 0 N–H and O–H groups in total. The predicted molar refractivity (Wildman–Crippen MR) is 501 cm³/mol. The summed E-state index contributed by atoms with van der Waals surface area (Å²) in [6.45, 7) is 10.6. The molecule has 0 aliphatic carbocycles. The number of rotatable bonds is 80. The van der Waals surface area contributed by atoms with Gasteiger partial charge >= 0.3 is 71.7 Å². The van der Waals surface area contributed by atoms with E-state index in [1.54, 1.807) is 0 Å². The number of unbranched alkanes of at least 4 members (excludes halogenated alkanes) is 56. The van der Waals surface area contributed by atoms with E-state index < -0.39 is 0 Å². The van der Waals surface area contributed by atoms with Gasteiger partial charge in [0.25, 0.3) is 0 Å². The fraction of sp³-hybridized carbons (Fsp3) is 0.872. The molecule has 0 aromatic rings. The first-order chi connectivity index (χ1) is 51.2. The van der Waals surface area contributed by atoms with Crippen molar-refractivity contribution in [2.24, 2.45) is 0 Å². The van der Waals surface area contributed by atoms with Crippen LogP contribution in [-0.2, 0) is 88.6 Å². The van der Waals surface area contributed by atoms with Gasteiger partial charge in [0.15, 0.2) is 0 Å². The molecule has 0 aliphatic heterocycles. The van der Waals surface area contributed by atoms with Crippen molar-refractivity contribution < 1.29 is 38.1 Å². The third-order valence-electron chi connectivity index (χ3n) is 19.0. The first kappa shape index (κ1) is 127. The van der Waals surface area contributed by atoms with Gasteiger partial charge in [-0.3, -0.25) is 19.2 Å². The van der Waals surface area contributed by atoms with Crippen molar-refractivity contribution in [1.29, 1.82) is 0 Å². The minimum atomic E-state index is -0.111. The van der Waals surface area contributed by atoms with E-state index in [9.17, 15) is 19.2 Å². The van der Waals surface area contributed by atoms with E-state index in [1.165, 1.54) is 360 Å². The molecule has 0 heterocycles. The van der Waals surface area contributed by atoms with Crippen molar-refractivity contribution in [2.45, 2.75) is 479 Å². The van der Waals surface area contributed by atoms with E-state index in [2.05, 4.69) is 76.3 Å². The summed E-state index contributed by atoms with van der Waals surface area (Å²) in [6.07, 6.45) is 105. The smallest absolute Gasteiger partial charge is 0.789 e. The van der Waals surface area contributed by atoms with Crippen molar-refractivity contribution in [3.8, 4) is 0 Å². The Morgan fingerprint density at radius 2 is 0.312 bits per heavy atom. The van der Waals surface area contributed by atoms with Gasteiger partial charge in [0.2, 0.25) is 0 Å². The summed E-state index contributed by atoms with van der Waals surface area (Å²) in [5.74, 6) is 1.52. The molecular formula is C94H182O8S5Sn2. The van der Waals surface area contributed by atoms with Gasteiger partial charge in [0.05, 0.1) is 26.4 Å². The Morgan fingerprint density at radius 3 is 0.431 bits per heavy atom. The number of hydrogen-bond acceptors (Lipinski definition) is 12. The van der Waals surface area contributed by atoms with Crippen LogP contribution in [0.2, 0.25) is 0 Å². The maximum Gasteiger partial charge on any atom is 2.00 e. The number of esters is 4. The molecular weight excluding hydrogens is 1650 g/mol. The SMILES string of the molecule is C.C.CCCCCCCCCCCCCCC/C=C/CCCC(=O)OCC[S-].CCCCCCCCCCCCCCC/C=C/CCCC(=O)OCC[S-].CCCCCCCCCCCCCCC/C=C/CCCC(=O)OCC[S-].CCCCCCCCCCCCCCC/C=C/CCCC(=O)OCC[S-].S.[Sn+2].[Sn+2]. The number of carbonyl (C=O) groups is 4. The summed E-state index contributed by atoms with van der Waals surface area (Å²) in [5.41, 5.74) is 0. The fourth-order valence-corrected chi connectivity index (χ4v) is 12.8. The van der Waals surface area contributed by atoms with Gasteiger partial charge in [-0.2, -0.15) is 13.5 Å². The summed E-state index contributed by atoms with van der Waals surface area (Å²) in [6, 6.07) is 0. The Hall–Kier alpha value is 0.187. The van der Waals surface area contributed by atoms with Crippen LogP contribution in [0.15, 0.2) is 48.6 Å². The van der Waals surface area contributed by atoms with Crippen LogP contribution in [0.1, 0.15) is 479 Å². The Labute approximate surface area is 744 Å². The summed E-state index contributed by atoms with van der Waals surface area (Å²) < 4.78 is 19.8. The van der Waals surface area contributed by atoms with Crippen LogP contribution in [0.4, 0.5) is 0 Å². The van der Waals surface area contributed by atoms with Crippen LogP contribution in [-0.4, -0.2) is 121 Å². The van der Waals surface area contributed by atoms with Crippen molar-refractivity contribution in [3.63, 3.8) is 0 Å². The zero-order chi connectivity index (χ0) is 76.5. The number of ether oxygens (including phenoxy) is 4. The van der Waals surface area contributed by atoms with Gasteiger partial charge in [-0.25, -0.2) is 0 Å². The Balaban J connectivity index is -0.000000172. The molecule has 109 heavy (non-hydrogen) atoms. The first-order valence-electron chi connectivity index (χ1n) is 44.8.